The molecule has 154 valence electrons. The lowest BCUT2D eigenvalue weighted by atomic mass is 10.1. The van der Waals surface area contributed by atoms with E-state index in [2.05, 4.69) is 16.9 Å². The number of rotatable bonds is 6. The highest BCUT2D eigenvalue weighted by atomic mass is 32.2. The quantitative estimate of drug-likeness (QED) is 0.396. The fourth-order valence-corrected chi connectivity index (χ4v) is 4.83. The number of thioether (sulfide) groups is 1. The van der Waals surface area contributed by atoms with E-state index < -0.39 is 0 Å². The summed E-state index contributed by atoms with van der Waals surface area (Å²) in [4.78, 5) is 26.6. The van der Waals surface area contributed by atoms with E-state index in [1.165, 1.54) is 16.9 Å². The van der Waals surface area contributed by atoms with Gasteiger partial charge in [0.15, 0.2) is 10.3 Å². The van der Waals surface area contributed by atoms with Crippen LogP contribution in [-0.4, -0.2) is 28.0 Å². The number of amides is 1. The molecule has 6 nitrogen and oxygen atoms in total. The van der Waals surface area contributed by atoms with Crippen LogP contribution in [0.3, 0.4) is 0 Å². The molecular formula is C22H22N4O2S2. The summed E-state index contributed by atoms with van der Waals surface area (Å²) in [5.74, 6) is 1.40. The molecular weight excluding hydrogens is 416 g/mol. The minimum Gasteiger partial charge on any atom is -0.497 e. The van der Waals surface area contributed by atoms with E-state index >= 15 is 0 Å². The second-order valence-corrected chi connectivity index (χ2v) is 8.76. The van der Waals surface area contributed by atoms with E-state index in [0.717, 1.165) is 38.9 Å². The molecule has 0 bridgehead atoms. The summed E-state index contributed by atoms with van der Waals surface area (Å²) in [6.07, 6.45) is 0. The maximum absolute atomic E-state index is 12.3. The molecule has 0 saturated heterocycles. The predicted molar refractivity (Wildman–Crippen MR) is 123 cm³/mol. The molecule has 0 spiro atoms. The monoisotopic (exact) mass is 438 g/mol. The fourth-order valence-electron chi connectivity index (χ4n) is 3.06. The van der Waals surface area contributed by atoms with Crippen molar-refractivity contribution >= 4 is 50.9 Å². The maximum Gasteiger partial charge on any atom is 0.230 e. The average molecular weight is 439 g/mol. The van der Waals surface area contributed by atoms with Gasteiger partial charge in [-0.25, -0.2) is 9.97 Å². The number of methoxy groups -OCH3 is 1. The van der Waals surface area contributed by atoms with Gasteiger partial charge in [-0.1, -0.05) is 17.8 Å². The lowest BCUT2D eigenvalue weighted by molar-refractivity contribution is -0.115. The number of carbonyl (C=O) groups is 1. The molecule has 30 heavy (non-hydrogen) atoms. The topological polar surface area (TPSA) is 71.1 Å². The number of carbonyl (C=O) groups excluding carboxylic acids is 1. The SMILES string of the molecule is COc1ccc2nc(SCc3csc(N(C(C)=O)c4ccc(C)c(C)c4)n3)[nH]c2c1. The Labute approximate surface area is 183 Å². The summed E-state index contributed by atoms with van der Waals surface area (Å²) in [6.45, 7) is 5.67. The Morgan fingerprint density at radius 1 is 1.17 bits per heavy atom. The van der Waals surface area contributed by atoms with Crippen LogP contribution in [0.2, 0.25) is 0 Å². The molecule has 1 N–H and O–H groups in total. The van der Waals surface area contributed by atoms with Crippen molar-refractivity contribution in [3.05, 3.63) is 58.6 Å². The van der Waals surface area contributed by atoms with Crippen LogP contribution in [0.1, 0.15) is 23.7 Å². The third kappa shape index (κ3) is 4.20. The summed E-state index contributed by atoms with van der Waals surface area (Å²) in [6, 6.07) is 11.8. The number of thiazole rings is 1. The van der Waals surface area contributed by atoms with Gasteiger partial charge < -0.3 is 9.72 Å². The van der Waals surface area contributed by atoms with Crippen molar-refractivity contribution in [1.29, 1.82) is 0 Å². The number of aromatic nitrogens is 3. The highest BCUT2D eigenvalue weighted by molar-refractivity contribution is 7.98. The smallest absolute Gasteiger partial charge is 0.230 e. The molecule has 2 aromatic heterocycles. The number of hydrogen-bond donors (Lipinski definition) is 1. The summed E-state index contributed by atoms with van der Waals surface area (Å²) >= 11 is 3.05. The summed E-state index contributed by atoms with van der Waals surface area (Å²) in [5.41, 5.74) is 5.93. The standard InChI is InChI=1S/C22H22N4O2S2/c1-13-5-6-17(9-14(13)2)26(15(3)27)22-23-16(12-30-22)11-29-21-24-19-8-7-18(28-4)10-20(19)25-21/h5-10,12H,11H2,1-4H3,(H,24,25). The van der Waals surface area contributed by atoms with Crippen molar-refractivity contribution in [3.63, 3.8) is 0 Å². The van der Waals surface area contributed by atoms with Crippen LogP contribution < -0.4 is 9.64 Å². The highest BCUT2D eigenvalue weighted by Gasteiger charge is 2.18. The Morgan fingerprint density at radius 3 is 2.73 bits per heavy atom. The van der Waals surface area contributed by atoms with Gasteiger partial charge in [0.25, 0.3) is 0 Å². The fraction of sp³-hybridized carbons (Fsp3) is 0.227. The number of aryl methyl sites for hydroxylation is 2. The van der Waals surface area contributed by atoms with Gasteiger partial charge in [-0.15, -0.1) is 11.3 Å². The lowest BCUT2D eigenvalue weighted by Crippen LogP contribution is -2.22. The first-order chi connectivity index (χ1) is 14.4. The Hall–Kier alpha value is -2.84. The van der Waals surface area contributed by atoms with E-state index in [-0.39, 0.29) is 5.91 Å². The average Bonchev–Trinajstić information content (AvgIpc) is 3.35. The van der Waals surface area contributed by atoms with E-state index in [1.807, 2.05) is 48.7 Å². The zero-order chi connectivity index (χ0) is 21.3. The second-order valence-electron chi connectivity index (χ2n) is 6.96. The lowest BCUT2D eigenvalue weighted by Gasteiger charge is -2.19. The largest absolute Gasteiger partial charge is 0.497 e. The van der Waals surface area contributed by atoms with Crippen LogP contribution >= 0.6 is 23.1 Å². The van der Waals surface area contributed by atoms with E-state index in [1.54, 1.807) is 30.7 Å². The molecule has 0 aliphatic carbocycles. The second kappa shape index (κ2) is 8.49. The molecule has 4 aromatic rings. The van der Waals surface area contributed by atoms with Crippen LogP contribution in [0, 0.1) is 13.8 Å². The van der Waals surface area contributed by atoms with Crippen LogP contribution in [0.5, 0.6) is 5.75 Å². The third-order valence-corrected chi connectivity index (χ3v) is 6.60. The molecule has 0 atom stereocenters. The summed E-state index contributed by atoms with van der Waals surface area (Å²) in [7, 11) is 1.65. The number of imidazole rings is 1. The van der Waals surface area contributed by atoms with Gasteiger partial charge >= 0.3 is 0 Å². The first-order valence-electron chi connectivity index (χ1n) is 9.43. The molecule has 0 unspecified atom stereocenters. The van der Waals surface area contributed by atoms with Crippen LogP contribution in [-0.2, 0) is 10.5 Å². The number of hydrogen-bond acceptors (Lipinski definition) is 6. The van der Waals surface area contributed by atoms with E-state index in [0.29, 0.717) is 10.9 Å². The molecule has 2 aromatic carbocycles. The molecule has 2 heterocycles. The van der Waals surface area contributed by atoms with Crippen molar-refractivity contribution in [3.8, 4) is 5.75 Å². The number of aromatic amines is 1. The van der Waals surface area contributed by atoms with Gasteiger partial charge in [0, 0.05) is 24.1 Å². The zero-order valence-electron chi connectivity index (χ0n) is 17.2. The van der Waals surface area contributed by atoms with Gasteiger partial charge in [-0.05, 0) is 49.2 Å². The van der Waals surface area contributed by atoms with Gasteiger partial charge in [0.2, 0.25) is 5.91 Å². The Kier molecular flexibility index (Phi) is 5.78. The molecule has 0 fully saturated rings. The van der Waals surface area contributed by atoms with Crippen molar-refractivity contribution in [2.75, 3.05) is 12.0 Å². The molecule has 0 aliphatic heterocycles. The zero-order valence-corrected chi connectivity index (χ0v) is 18.9. The summed E-state index contributed by atoms with van der Waals surface area (Å²) < 4.78 is 5.26. The Morgan fingerprint density at radius 2 is 2.00 bits per heavy atom. The summed E-state index contributed by atoms with van der Waals surface area (Å²) in [5, 5.41) is 3.49. The van der Waals surface area contributed by atoms with Crippen molar-refractivity contribution < 1.29 is 9.53 Å². The van der Waals surface area contributed by atoms with Crippen LogP contribution in [0.25, 0.3) is 11.0 Å². The molecule has 0 radical (unpaired) electrons. The normalized spacial score (nSPS) is 11.1. The number of benzene rings is 2. The minimum absolute atomic E-state index is 0.0574. The molecule has 1 amide bonds. The molecule has 8 heteroatoms. The number of H-pyrrole nitrogens is 1. The van der Waals surface area contributed by atoms with Crippen molar-refractivity contribution in [1.82, 2.24) is 15.0 Å². The molecule has 4 rings (SSSR count). The Bertz CT molecular complexity index is 1220. The van der Waals surface area contributed by atoms with Crippen LogP contribution in [0.15, 0.2) is 46.9 Å². The first kappa shape index (κ1) is 20.4. The van der Waals surface area contributed by atoms with E-state index in [4.69, 9.17) is 9.72 Å². The number of ether oxygens (including phenoxy) is 1. The maximum atomic E-state index is 12.3. The first-order valence-corrected chi connectivity index (χ1v) is 11.3. The van der Waals surface area contributed by atoms with Crippen LogP contribution in [0.4, 0.5) is 10.8 Å². The van der Waals surface area contributed by atoms with Gasteiger partial charge in [0.05, 0.1) is 29.5 Å². The predicted octanol–water partition coefficient (Wildman–Crippen LogP) is 5.62. The van der Waals surface area contributed by atoms with Gasteiger partial charge in [-0.3, -0.25) is 9.69 Å². The molecule has 0 aliphatic rings. The number of fused-ring (bicyclic) bond motifs is 1. The number of anilines is 2. The van der Waals surface area contributed by atoms with Gasteiger partial charge in [-0.2, -0.15) is 0 Å². The highest BCUT2D eigenvalue weighted by Crippen LogP contribution is 2.32. The Balaban J connectivity index is 1.51. The van der Waals surface area contributed by atoms with Crippen molar-refractivity contribution in [2.45, 2.75) is 31.7 Å². The number of nitrogens with zero attached hydrogens (tertiary/aromatic N) is 3. The molecule has 0 saturated carbocycles. The third-order valence-electron chi connectivity index (χ3n) is 4.82. The minimum atomic E-state index is -0.0574. The van der Waals surface area contributed by atoms with Gasteiger partial charge in [0.1, 0.15) is 5.75 Å². The van der Waals surface area contributed by atoms with E-state index in [9.17, 15) is 4.79 Å². The van der Waals surface area contributed by atoms with Crippen molar-refractivity contribution in [2.24, 2.45) is 0 Å². The number of nitrogens with one attached hydrogen (secondary N) is 1.